The van der Waals surface area contributed by atoms with Gasteiger partial charge < -0.3 is 10.1 Å². The van der Waals surface area contributed by atoms with Gasteiger partial charge in [-0.25, -0.2) is 0 Å². The van der Waals surface area contributed by atoms with Crippen LogP contribution in [0.5, 0.6) is 0 Å². The zero-order chi connectivity index (χ0) is 15.3. The third-order valence-corrected chi connectivity index (χ3v) is 5.41. The molecule has 1 N–H and O–H groups in total. The van der Waals surface area contributed by atoms with E-state index in [1.807, 2.05) is 0 Å². The Morgan fingerprint density at radius 1 is 1.19 bits per heavy atom. The van der Waals surface area contributed by atoms with Crippen LogP contribution in [0.1, 0.15) is 66.2 Å². The largest absolute Gasteiger partial charge is 0.377 e. The van der Waals surface area contributed by atoms with Gasteiger partial charge in [-0.05, 0) is 50.6 Å². The molecule has 2 fully saturated rings. The van der Waals surface area contributed by atoms with Crippen molar-refractivity contribution in [2.75, 3.05) is 26.2 Å². The average Bonchev–Trinajstić information content (AvgIpc) is 2.47. The first-order valence-electron chi connectivity index (χ1n) is 9.17. The molecule has 124 valence electrons. The molecule has 2 aliphatic rings. The second-order valence-corrected chi connectivity index (χ2v) is 7.61. The Balaban J connectivity index is 2.00. The van der Waals surface area contributed by atoms with Gasteiger partial charge in [-0.2, -0.15) is 0 Å². The molecular weight excluding hydrogens is 260 g/mol. The molecule has 1 heterocycles. The zero-order valence-electron chi connectivity index (χ0n) is 14.7. The SMILES string of the molecule is CCCOC1CCCN(C2CCCC(C)(C)C2NCC)C1. The van der Waals surface area contributed by atoms with E-state index in [1.165, 1.54) is 38.6 Å². The van der Waals surface area contributed by atoms with Crippen molar-refractivity contribution in [3.63, 3.8) is 0 Å². The fourth-order valence-electron chi connectivity index (χ4n) is 4.32. The minimum atomic E-state index is 0.413. The molecule has 3 unspecified atom stereocenters. The lowest BCUT2D eigenvalue weighted by Crippen LogP contribution is -2.60. The van der Waals surface area contributed by atoms with Crippen molar-refractivity contribution in [3.8, 4) is 0 Å². The van der Waals surface area contributed by atoms with Crippen LogP contribution in [0.2, 0.25) is 0 Å². The Hall–Kier alpha value is -0.120. The topological polar surface area (TPSA) is 24.5 Å². The van der Waals surface area contributed by atoms with E-state index in [-0.39, 0.29) is 0 Å². The summed E-state index contributed by atoms with van der Waals surface area (Å²) in [6.07, 6.45) is 8.21. The number of hydrogen-bond donors (Lipinski definition) is 1. The monoisotopic (exact) mass is 296 g/mol. The van der Waals surface area contributed by atoms with Gasteiger partial charge in [0.25, 0.3) is 0 Å². The van der Waals surface area contributed by atoms with Gasteiger partial charge in [-0.3, -0.25) is 4.90 Å². The van der Waals surface area contributed by atoms with Crippen LogP contribution in [-0.2, 0) is 4.74 Å². The maximum absolute atomic E-state index is 6.04. The fraction of sp³-hybridized carbons (Fsp3) is 1.00. The molecule has 0 bridgehead atoms. The average molecular weight is 296 g/mol. The molecule has 1 aliphatic carbocycles. The van der Waals surface area contributed by atoms with Crippen LogP contribution in [-0.4, -0.2) is 49.3 Å². The number of likely N-dealkylation sites (tertiary alicyclic amines) is 1. The third-order valence-electron chi connectivity index (χ3n) is 5.41. The van der Waals surface area contributed by atoms with Gasteiger partial charge in [-0.15, -0.1) is 0 Å². The van der Waals surface area contributed by atoms with E-state index in [0.29, 0.717) is 23.6 Å². The number of piperidine rings is 1. The van der Waals surface area contributed by atoms with Crippen LogP contribution in [0, 0.1) is 5.41 Å². The number of rotatable bonds is 6. The summed E-state index contributed by atoms with van der Waals surface area (Å²) in [6.45, 7) is 13.7. The molecule has 3 atom stereocenters. The summed E-state index contributed by atoms with van der Waals surface area (Å²) in [6, 6.07) is 1.32. The summed E-state index contributed by atoms with van der Waals surface area (Å²) >= 11 is 0. The van der Waals surface area contributed by atoms with Gasteiger partial charge in [0.05, 0.1) is 6.10 Å². The summed E-state index contributed by atoms with van der Waals surface area (Å²) in [7, 11) is 0. The minimum absolute atomic E-state index is 0.413. The van der Waals surface area contributed by atoms with E-state index < -0.39 is 0 Å². The van der Waals surface area contributed by atoms with Crippen molar-refractivity contribution >= 4 is 0 Å². The Morgan fingerprint density at radius 3 is 2.71 bits per heavy atom. The predicted octanol–water partition coefficient (Wildman–Crippen LogP) is 3.43. The Morgan fingerprint density at radius 2 is 2.00 bits per heavy atom. The molecule has 1 saturated heterocycles. The first-order chi connectivity index (χ1) is 10.1. The molecule has 0 radical (unpaired) electrons. The summed E-state index contributed by atoms with van der Waals surface area (Å²) in [4.78, 5) is 2.73. The van der Waals surface area contributed by atoms with Crippen LogP contribution in [0.15, 0.2) is 0 Å². The molecule has 0 spiro atoms. The van der Waals surface area contributed by atoms with E-state index in [2.05, 4.69) is 37.9 Å². The van der Waals surface area contributed by atoms with E-state index in [4.69, 9.17) is 4.74 Å². The van der Waals surface area contributed by atoms with Crippen LogP contribution in [0.4, 0.5) is 0 Å². The molecule has 3 heteroatoms. The highest BCUT2D eigenvalue weighted by molar-refractivity contribution is 4.99. The van der Waals surface area contributed by atoms with E-state index in [0.717, 1.165) is 26.1 Å². The number of likely N-dealkylation sites (N-methyl/N-ethyl adjacent to an activating group) is 1. The lowest BCUT2D eigenvalue weighted by Gasteiger charge is -2.50. The van der Waals surface area contributed by atoms with Crippen LogP contribution in [0.3, 0.4) is 0 Å². The van der Waals surface area contributed by atoms with Crippen molar-refractivity contribution in [1.29, 1.82) is 0 Å². The summed E-state index contributed by atoms with van der Waals surface area (Å²) < 4.78 is 6.04. The normalized spacial score (nSPS) is 34.0. The van der Waals surface area contributed by atoms with E-state index >= 15 is 0 Å². The summed E-state index contributed by atoms with van der Waals surface area (Å²) in [5.41, 5.74) is 0.413. The van der Waals surface area contributed by atoms with E-state index in [9.17, 15) is 0 Å². The van der Waals surface area contributed by atoms with Crippen molar-refractivity contribution in [3.05, 3.63) is 0 Å². The molecule has 0 aromatic carbocycles. The predicted molar refractivity (Wildman–Crippen MR) is 89.7 cm³/mol. The van der Waals surface area contributed by atoms with Crippen molar-refractivity contribution in [1.82, 2.24) is 10.2 Å². The molecule has 3 nitrogen and oxygen atoms in total. The van der Waals surface area contributed by atoms with Gasteiger partial charge in [0, 0.05) is 25.2 Å². The molecule has 21 heavy (non-hydrogen) atoms. The Bertz CT molecular complexity index is 306. The molecule has 0 aromatic heterocycles. The molecule has 2 rings (SSSR count). The highest BCUT2D eigenvalue weighted by atomic mass is 16.5. The molecule has 1 saturated carbocycles. The molecular formula is C18H36N2O. The molecule has 1 aliphatic heterocycles. The van der Waals surface area contributed by atoms with Crippen molar-refractivity contribution in [2.24, 2.45) is 5.41 Å². The van der Waals surface area contributed by atoms with Crippen LogP contribution < -0.4 is 5.32 Å². The van der Waals surface area contributed by atoms with Crippen LogP contribution in [0.25, 0.3) is 0 Å². The summed E-state index contributed by atoms with van der Waals surface area (Å²) in [5.74, 6) is 0. The third kappa shape index (κ3) is 4.43. The Labute approximate surface area is 131 Å². The number of ether oxygens (including phenoxy) is 1. The zero-order valence-corrected chi connectivity index (χ0v) is 14.7. The van der Waals surface area contributed by atoms with Gasteiger partial charge in [0.2, 0.25) is 0 Å². The second-order valence-electron chi connectivity index (χ2n) is 7.61. The van der Waals surface area contributed by atoms with E-state index in [1.54, 1.807) is 0 Å². The quantitative estimate of drug-likeness (QED) is 0.812. The van der Waals surface area contributed by atoms with Crippen molar-refractivity contribution in [2.45, 2.75) is 84.4 Å². The highest BCUT2D eigenvalue weighted by Crippen LogP contribution is 2.38. The highest BCUT2D eigenvalue weighted by Gasteiger charge is 2.41. The maximum atomic E-state index is 6.04. The Kier molecular flexibility index (Phi) is 6.51. The smallest absolute Gasteiger partial charge is 0.0702 e. The minimum Gasteiger partial charge on any atom is -0.377 e. The van der Waals surface area contributed by atoms with Gasteiger partial charge in [0.15, 0.2) is 0 Å². The first kappa shape index (κ1) is 17.2. The second kappa shape index (κ2) is 7.94. The van der Waals surface area contributed by atoms with Crippen molar-refractivity contribution < 1.29 is 4.74 Å². The standard InChI is InChI=1S/C18H36N2O/c1-5-13-21-15-9-8-12-20(14-15)16-10-7-11-18(3,4)17(16)19-6-2/h15-17,19H,5-14H2,1-4H3. The number of nitrogens with zero attached hydrogens (tertiary/aromatic N) is 1. The molecule has 0 amide bonds. The first-order valence-corrected chi connectivity index (χ1v) is 9.17. The van der Waals surface area contributed by atoms with Crippen LogP contribution >= 0.6 is 0 Å². The van der Waals surface area contributed by atoms with Gasteiger partial charge in [0.1, 0.15) is 0 Å². The molecule has 0 aromatic rings. The number of nitrogens with one attached hydrogen (secondary N) is 1. The maximum Gasteiger partial charge on any atom is 0.0702 e. The lowest BCUT2D eigenvalue weighted by atomic mass is 9.70. The van der Waals surface area contributed by atoms with Gasteiger partial charge >= 0.3 is 0 Å². The lowest BCUT2D eigenvalue weighted by molar-refractivity contribution is -0.0361. The number of hydrogen-bond acceptors (Lipinski definition) is 3. The summed E-state index contributed by atoms with van der Waals surface area (Å²) in [5, 5.41) is 3.80. The fourth-order valence-corrected chi connectivity index (χ4v) is 4.32. The van der Waals surface area contributed by atoms with Gasteiger partial charge in [-0.1, -0.05) is 34.1 Å².